The van der Waals surface area contributed by atoms with Crippen molar-refractivity contribution in [2.45, 2.75) is 39.5 Å². The van der Waals surface area contributed by atoms with Crippen LogP contribution in [0, 0.1) is 0 Å². The molecule has 0 spiro atoms. The molecule has 1 N–H and O–H groups in total. The molecule has 1 aromatic carbocycles. The number of hydrogen-bond acceptors (Lipinski definition) is 4. The summed E-state index contributed by atoms with van der Waals surface area (Å²) >= 11 is 5.69. The fourth-order valence-corrected chi connectivity index (χ4v) is 2.26. The molecule has 21 heavy (non-hydrogen) atoms. The van der Waals surface area contributed by atoms with Crippen molar-refractivity contribution in [3.8, 4) is 17.4 Å². The third-order valence-corrected chi connectivity index (χ3v) is 3.41. The lowest BCUT2D eigenvalue weighted by atomic mass is 9.94. The lowest BCUT2D eigenvalue weighted by Gasteiger charge is -2.19. The minimum Gasteiger partial charge on any atom is -0.503 e. The van der Waals surface area contributed by atoms with Gasteiger partial charge in [0.15, 0.2) is 10.9 Å². The molecule has 5 heteroatoms. The minimum atomic E-state index is -0.122. The standard InChI is InChI=1S/C16H19ClN2O2/c1-9(2)11-6-5-7-12(10(3)4)15(11)21-16-13(20)8-14(17)18-19-16/h5-10H,1-4H3,(H,18,20). The van der Waals surface area contributed by atoms with Gasteiger partial charge in [-0.15, -0.1) is 10.2 Å². The molecule has 2 aromatic rings. The van der Waals surface area contributed by atoms with Gasteiger partial charge in [0.05, 0.1) is 0 Å². The second-order valence-electron chi connectivity index (χ2n) is 5.53. The molecule has 0 bridgehead atoms. The van der Waals surface area contributed by atoms with Gasteiger partial charge in [-0.1, -0.05) is 57.5 Å². The van der Waals surface area contributed by atoms with Crippen molar-refractivity contribution in [2.75, 3.05) is 0 Å². The second kappa shape index (κ2) is 6.31. The molecule has 1 heterocycles. The first kappa shape index (κ1) is 15.6. The maximum Gasteiger partial charge on any atom is 0.281 e. The van der Waals surface area contributed by atoms with E-state index < -0.39 is 0 Å². The topological polar surface area (TPSA) is 55.2 Å². The van der Waals surface area contributed by atoms with Crippen LogP contribution in [-0.2, 0) is 0 Å². The number of halogens is 1. The Hall–Kier alpha value is -1.81. The molecule has 0 aliphatic carbocycles. The smallest absolute Gasteiger partial charge is 0.281 e. The Balaban J connectivity index is 2.51. The lowest BCUT2D eigenvalue weighted by molar-refractivity contribution is 0.384. The average Bonchev–Trinajstić information content (AvgIpc) is 2.41. The van der Waals surface area contributed by atoms with E-state index in [9.17, 15) is 5.11 Å². The summed E-state index contributed by atoms with van der Waals surface area (Å²) in [6.45, 7) is 8.39. The van der Waals surface area contributed by atoms with Crippen LogP contribution in [0.15, 0.2) is 24.3 Å². The molecule has 0 atom stereocenters. The zero-order valence-corrected chi connectivity index (χ0v) is 13.3. The summed E-state index contributed by atoms with van der Waals surface area (Å²) in [5, 5.41) is 17.6. The van der Waals surface area contributed by atoms with Gasteiger partial charge < -0.3 is 9.84 Å². The van der Waals surface area contributed by atoms with Crippen LogP contribution in [0.4, 0.5) is 0 Å². The molecule has 0 unspecified atom stereocenters. The van der Waals surface area contributed by atoms with Crippen molar-refractivity contribution in [1.82, 2.24) is 10.2 Å². The fourth-order valence-electron chi connectivity index (χ4n) is 2.12. The van der Waals surface area contributed by atoms with E-state index in [4.69, 9.17) is 16.3 Å². The van der Waals surface area contributed by atoms with Crippen LogP contribution >= 0.6 is 11.6 Å². The Morgan fingerprint density at radius 1 is 1.05 bits per heavy atom. The molecule has 1 aromatic heterocycles. The minimum absolute atomic E-state index is 0.0643. The van der Waals surface area contributed by atoms with Gasteiger partial charge in [-0.3, -0.25) is 0 Å². The first-order valence-electron chi connectivity index (χ1n) is 6.93. The number of ether oxygens (including phenoxy) is 1. The maximum absolute atomic E-state index is 9.90. The normalized spacial score (nSPS) is 11.2. The highest BCUT2D eigenvalue weighted by molar-refractivity contribution is 6.29. The number of aromatic nitrogens is 2. The van der Waals surface area contributed by atoms with Gasteiger partial charge in [-0.25, -0.2) is 0 Å². The quantitative estimate of drug-likeness (QED) is 0.875. The van der Waals surface area contributed by atoms with Crippen LogP contribution in [0.25, 0.3) is 0 Å². The highest BCUT2D eigenvalue weighted by Crippen LogP contribution is 2.39. The van der Waals surface area contributed by atoms with Gasteiger partial charge in [-0.05, 0) is 23.0 Å². The van der Waals surface area contributed by atoms with Gasteiger partial charge >= 0.3 is 0 Å². The van der Waals surface area contributed by atoms with E-state index in [0.29, 0.717) is 11.8 Å². The number of rotatable bonds is 4. The number of nitrogens with zero attached hydrogens (tertiary/aromatic N) is 2. The van der Waals surface area contributed by atoms with Crippen molar-refractivity contribution >= 4 is 11.6 Å². The van der Waals surface area contributed by atoms with Crippen LogP contribution in [-0.4, -0.2) is 15.3 Å². The van der Waals surface area contributed by atoms with Gasteiger partial charge in [0, 0.05) is 6.07 Å². The highest BCUT2D eigenvalue weighted by atomic mass is 35.5. The second-order valence-corrected chi connectivity index (χ2v) is 5.92. The van der Waals surface area contributed by atoms with E-state index in [2.05, 4.69) is 37.9 Å². The van der Waals surface area contributed by atoms with Gasteiger partial charge in [0.2, 0.25) is 0 Å². The predicted octanol–water partition coefficient (Wildman–Crippen LogP) is 4.87. The molecule has 2 rings (SSSR count). The lowest BCUT2D eigenvalue weighted by Crippen LogP contribution is -2.02. The van der Waals surface area contributed by atoms with Crippen molar-refractivity contribution in [1.29, 1.82) is 0 Å². The van der Waals surface area contributed by atoms with Crippen molar-refractivity contribution < 1.29 is 9.84 Å². The Kier molecular flexibility index (Phi) is 4.68. The summed E-state index contributed by atoms with van der Waals surface area (Å²) in [6.07, 6.45) is 0. The van der Waals surface area contributed by atoms with Crippen molar-refractivity contribution in [2.24, 2.45) is 0 Å². The molecule has 4 nitrogen and oxygen atoms in total. The summed E-state index contributed by atoms with van der Waals surface area (Å²) in [4.78, 5) is 0. The number of aromatic hydroxyl groups is 1. The molecule has 0 aliphatic rings. The average molecular weight is 307 g/mol. The van der Waals surface area contributed by atoms with Crippen LogP contribution < -0.4 is 4.74 Å². The van der Waals surface area contributed by atoms with Crippen molar-refractivity contribution in [3.63, 3.8) is 0 Å². The Morgan fingerprint density at radius 2 is 1.62 bits per heavy atom. The Labute approximate surface area is 129 Å². The summed E-state index contributed by atoms with van der Waals surface area (Å²) in [5.74, 6) is 1.26. The van der Waals surface area contributed by atoms with Gasteiger partial charge in [0.1, 0.15) is 5.75 Å². The van der Waals surface area contributed by atoms with E-state index in [1.54, 1.807) is 0 Å². The van der Waals surface area contributed by atoms with E-state index in [1.807, 2.05) is 18.2 Å². The van der Waals surface area contributed by atoms with Gasteiger partial charge in [-0.2, -0.15) is 0 Å². The SMILES string of the molecule is CC(C)c1cccc(C(C)C)c1Oc1nnc(Cl)cc1O. The van der Waals surface area contributed by atoms with E-state index in [-0.39, 0.29) is 16.8 Å². The fraction of sp³-hybridized carbons (Fsp3) is 0.375. The molecule has 112 valence electrons. The van der Waals surface area contributed by atoms with E-state index in [1.165, 1.54) is 6.07 Å². The highest BCUT2D eigenvalue weighted by Gasteiger charge is 2.18. The van der Waals surface area contributed by atoms with Crippen molar-refractivity contribution in [3.05, 3.63) is 40.5 Å². The summed E-state index contributed by atoms with van der Waals surface area (Å²) in [6, 6.07) is 7.38. The largest absolute Gasteiger partial charge is 0.503 e. The molecule has 0 aliphatic heterocycles. The molecular formula is C16H19ClN2O2. The number of hydrogen-bond donors (Lipinski definition) is 1. The number of benzene rings is 1. The monoisotopic (exact) mass is 306 g/mol. The number of para-hydroxylation sites is 1. The zero-order chi connectivity index (χ0) is 15.6. The Morgan fingerprint density at radius 3 is 2.10 bits per heavy atom. The third kappa shape index (κ3) is 3.45. The molecule has 0 fully saturated rings. The first-order chi connectivity index (χ1) is 9.90. The molecule has 0 radical (unpaired) electrons. The third-order valence-electron chi connectivity index (χ3n) is 3.23. The zero-order valence-electron chi connectivity index (χ0n) is 12.6. The Bertz CT molecular complexity index is 616. The predicted molar refractivity (Wildman–Crippen MR) is 83.4 cm³/mol. The van der Waals surface area contributed by atoms with Crippen LogP contribution in [0.2, 0.25) is 5.15 Å². The molecule has 0 saturated carbocycles. The van der Waals surface area contributed by atoms with E-state index in [0.717, 1.165) is 16.9 Å². The molecule has 0 amide bonds. The van der Waals surface area contributed by atoms with Gasteiger partial charge in [0.25, 0.3) is 5.88 Å². The van der Waals surface area contributed by atoms with E-state index >= 15 is 0 Å². The first-order valence-corrected chi connectivity index (χ1v) is 7.30. The van der Waals surface area contributed by atoms with Crippen LogP contribution in [0.1, 0.15) is 50.7 Å². The van der Waals surface area contributed by atoms with Crippen LogP contribution in [0.3, 0.4) is 0 Å². The summed E-state index contributed by atoms with van der Waals surface area (Å²) in [7, 11) is 0. The maximum atomic E-state index is 9.90. The molecular weight excluding hydrogens is 288 g/mol. The summed E-state index contributed by atoms with van der Waals surface area (Å²) < 4.78 is 5.87. The van der Waals surface area contributed by atoms with Crippen LogP contribution in [0.5, 0.6) is 17.4 Å². The molecule has 0 saturated heterocycles. The summed E-state index contributed by atoms with van der Waals surface area (Å²) in [5.41, 5.74) is 2.13.